The number of piperazine rings is 1. The highest BCUT2D eigenvalue weighted by molar-refractivity contribution is 6.35. The topological polar surface area (TPSA) is 53.1 Å². The van der Waals surface area contributed by atoms with Gasteiger partial charge in [-0.15, -0.1) is 0 Å². The van der Waals surface area contributed by atoms with Gasteiger partial charge in [0.15, 0.2) is 0 Å². The molecule has 6 nitrogen and oxygen atoms in total. The van der Waals surface area contributed by atoms with E-state index < -0.39 is 0 Å². The van der Waals surface area contributed by atoms with Crippen molar-refractivity contribution in [2.24, 2.45) is 0 Å². The number of benzene rings is 2. The Morgan fingerprint density at radius 3 is 2.12 bits per heavy atom. The average Bonchev–Trinajstić information content (AvgIpc) is 3.05. The molecule has 168 valence electrons. The number of carbonyl (C=O) groups excluding carboxylic acids is 2. The fourth-order valence-corrected chi connectivity index (χ4v) is 4.29. The van der Waals surface area contributed by atoms with Crippen LogP contribution in [0.1, 0.15) is 31.9 Å². The van der Waals surface area contributed by atoms with E-state index >= 15 is 0 Å². The quantitative estimate of drug-likeness (QED) is 0.627. The summed E-state index contributed by atoms with van der Waals surface area (Å²) in [5.74, 6) is 0.311. The first-order valence-electron chi connectivity index (χ1n) is 11.4. The summed E-state index contributed by atoms with van der Waals surface area (Å²) in [6.45, 7) is 10.6. The van der Waals surface area contributed by atoms with Gasteiger partial charge in [0.05, 0.1) is 18.2 Å². The summed E-state index contributed by atoms with van der Waals surface area (Å²) < 4.78 is 5.75. The van der Waals surface area contributed by atoms with Crippen LogP contribution in [0.4, 0.5) is 0 Å². The predicted molar refractivity (Wildman–Crippen MR) is 125 cm³/mol. The Bertz CT molecular complexity index is 991. The molecule has 0 unspecified atom stereocenters. The number of hydrogen-bond donors (Lipinski definition) is 0. The lowest BCUT2D eigenvalue weighted by Gasteiger charge is -2.36. The van der Waals surface area contributed by atoms with E-state index in [1.54, 1.807) is 0 Å². The molecule has 0 bridgehead atoms. The zero-order valence-corrected chi connectivity index (χ0v) is 19.1. The largest absolute Gasteiger partial charge is 0.491 e. The second-order valence-electron chi connectivity index (χ2n) is 8.52. The molecule has 1 saturated heterocycles. The first-order valence-corrected chi connectivity index (χ1v) is 11.4. The lowest BCUT2D eigenvalue weighted by Crippen LogP contribution is -2.47. The molecular formula is C26H31N3O3. The summed E-state index contributed by atoms with van der Waals surface area (Å²) in [4.78, 5) is 32.9. The Kier molecular flexibility index (Phi) is 6.61. The summed E-state index contributed by atoms with van der Waals surface area (Å²) in [5.41, 5.74) is 2.71. The normalized spacial score (nSPS) is 17.6. The number of nitrogens with zero attached hydrogens (tertiary/aromatic N) is 3. The second-order valence-corrected chi connectivity index (χ2v) is 8.52. The van der Waals surface area contributed by atoms with Gasteiger partial charge in [-0.1, -0.05) is 49.4 Å². The number of amides is 2. The van der Waals surface area contributed by atoms with Crippen LogP contribution in [-0.2, 0) is 16.1 Å². The van der Waals surface area contributed by atoms with Gasteiger partial charge in [0, 0.05) is 26.2 Å². The molecule has 32 heavy (non-hydrogen) atoms. The minimum atomic E-state index is -0.232. The van der Waals surface area contributed by atoms with Gasteiger partial charge >= 0.3 is 0 Å². The van der Waals surface area contributed by atoms with Crippen molar-refractivity contribution in [3.8, 4) is 5.75 Å². The van der Waals surface area contributed by atoms with Gasteiger partial charge in [-0.25, -0.2) is 0 Å². The molecule has 2 aliphatic rings. The molecule has 1 fully saturated rings. The zero-order valence-electron chi connectivity index (χ0n) is 19.1. The van der Waals surface area contributed by atoms with Crippen molar-refractivity contribution in [2.45, 2.75) is 33.4 Å². The van der Waals surface area contributed by atoms with Gasteiger partial charge in [-0.05, 0) is 43.7 Å². The number of imide groups is 1. The molecule has 4 rings (SSSR count). The van der Waals surface area contributed by atoms with Gasteiger partial charge in [-0.3, -0.25) is 14.5 Å². The third-order valence-electron chi connectivity index (χ3n) is 5.98. The molecule has 0 aromatic heterocycles. The van der Waals surface area contributed by atoms with E-state index in [-0.39, 0.29) is 24.5 Å². The van der Waals surface area contributed by atoms with Gasteiger partial charge in [-0.2, -0.15) is 0 Å². The Morgan fingerprint density at radius 1 is 0.875 bits per heavy atom. The van der Waals surface area contributed by atoms with Gasteiger partial charge in [0.1, 0.15) is 11.4 Å². The molecule has 0 aliphatic carbocycles. The summed E-state index contributed by atoms with van der Waals surface area (Å²) in [6.07, 6.45) is 0.0709. The second kappa shape index (κ2) is 9.57. The molecule has 0 saturated carbocycles. The molecular weight excluding hydrogens is 402 g/mol. The molecule has 2 heterocycles. The molecule has 6 heteroatoms. The predicted octanol–water partition coefficient (Wildman–Crippen LogP) is 3.39. The third kappa shape index (κ3) is 4.55. The van der Waals surface area contributed by atoms with Crippen LogP contribution in [0.15, 0.2) is 60.3 Å². The smallest absolute Gasteiger partial charge is 0.278 e. The van der Waals surface area contributed by atoms with E-state index in [1.165, 1.54) is 4.90 Å². The van der Waals surface area contributed by atoms with E-state index in [0.29, 0.717) is 11.3 Å². The summed E-state index contributed by atoms with van der Waals surface area (Å²) in [5, 5.41) is 0. The summed E-state index contributed by atoms with van der Waals surface area (Å²) in [7, 11) is 0. The number of carbonyl (C=O) groups is 2. The van der Waals surface area contributed by atoms with Crippen LogP contribution >= 0.6 is 0 Å². The Hall–Kier alpha value is -3.12. The third-order valence-corrected chi connectivity index (χ3v) is 5.98. The highest BCUT2D eigenvalue weighted by atomic mass is 16.5. The highest BCUT2D eigenvalue weighted by Gasteiger charge is 2.42. The number of hydrogen-bond acceptors (Lipinski definition) is 5. The van der Waals surface area contributed by atoms with E-state index in [2.05, 4.69) is 16.7 Å². The van der Waals surface area contributed by atoms with Crippen molar-refractivity contribution < 1.29 is 14.3 Å². The van der Waals surface area contributed by atoms with Crippen molar-refractivity contribution >= 4 is 17.4 Å². The van der Waals surface area contributed by atoms with Crippen molar-refractivity contribution in [3.63, 3.8) is 0 Å². The molecule has 2 aliphatic heterocycles. The molecule has 0 atom stereocenters. The van der Waals surface area contributed by atoms with Gasteiger partial charge < -0.3 is 14.5 Å². The summed E-state index contributed by atoms with van der Waals surface area (Å²) >= 11 is 0. The fraction of sp³-hybridized carbons (Fsp3) is 0.385. The Balaban J connectivity index is 1.68. The Morgan fingerprint density at radius 2 is 1.53 bits per heavy atom. The molecule has 2 amide bonds. The SMILES string of the molecule is CCN1CCN(C2=C(c3ccc(OC(C)C)cc3)C(=O)N(Cc3ccccc3)C2=O)CC1. The van der Waals surface area contributed by atoms with Gasteiger partial charge in [0.2, 0.25) is 0 Å². The zero-order chi connectivity index (χ0) is 22.7. The monoisotopic (exact) mass is 433 g/mol. The number of likely N-dealkylation sites (N-methyl/N-ethyl adjacent to an activating group) is 1. The first-order chi connectivity index (χ1) is 15.5. The molecule has 0 spiro atoms. The van der Waals surface area contributed by atoms with Crippen LogP contribution in [0.5, 0.6) is 5.75 Å². The van der Waals surface area contributed by atoms with Crippen molar-refractivity contribution in [1.82, 2.24) is 14.7 Å². The minimum absolute atomic E-state index is 0.0709. The van der Waals surface area contributed by atoms with Crippen molar-refractivity contribution in [1.29, 1.82) is 0 Å². The maximum atomic E-state index is 13.5. The minimum Gasteiger partial charge on any atom is -0.491 e. The van der Waals surface area contributed by atoms with Crippen molar-refractivity contribution in [2.75, 3.05) is 32.7 Å². The van der Waals surface area contributed by atoms with Crippen LogP contribution < -0.4 is 4.74 Å². The summed E-state index contributed by atoms with van der Waals surface area (Å²) in [6, 6.07) is 17.2. The standard InChI is InChI=1S/C26H31N3O3/c1-4-27-14-16-28(17-15-27)24-23(21-10-12-22(13-11-21)32-19(2)3)25(30)29(26(24)31)18-20-8-6-5-7-9-20/h5-13,19H,4,14-18H2,1-3H3. The number of rotatable bonds is 7. The maximum Gasteiger partial charge on any atom is 0.278 e. The van der Waals surface area contributed by atoms with Crippen LogP contribution in [0, 0.1) is 0 Å². The van der Waals surface area contributed by atoms with E-state index in [4.69, 9.17) is 4.74 Å². The highest BCUT2D eigenvalue weighted by Crippen LogP contribution is 2.34. The van der Waals surface area contributed by atoms with Crippen LogP contribution in [0.2, 0.25) is 0 Å². The Labute approximate surface area is 190 Å². The lowest BCUT2D eigenvalue weighted by atomic mass is 10.0. The van der Waals surface area contributed by atoms with E-state index in [9.17, 15) is 9.59 Å². The maximum absolute atomic E-state index is 13.5. The van der Waals surface area contributed by atoms with E-state index in [1.807, 2.05) is 68.4 Å². The van der Waals surface area contributed by atoms with Crippen LogP contribution in [0.25, 0.3) is 5.57 Å². The van der Waals surface area contributed by atoms with Crippen LogP contribution in [-0.4, -0.2) is 65.3 Å². The lowest BCUT2D eigenvalue weighted by molar-refractivity contribution is -0.138. The molecule has 0 N–H and O–H groups in total. The molecule has 2 aromatic rings. The molecule has 2 aromatic carbocycles. The van der Waals surface area contributed by atoms with Crippen LogP contribution in [0.3, 0.4) is 0 Å². The van der Waals surface area contributed by atoms with Gasteiger partial charge in [0.25, 0.3) is 11.8 Å². The fourth-order valence-electron chi connectivity index (χ4n) is 4.29. The van der Waals surface area contributed by atoms with E-state index in [0.717, 1.165) is 49.6 Å². The molecule has 0 radical (unpaired) electrons. The van der Waals surface area contributed by atoms with Crippen molar-refractivity contribution in [3.05, 3.63) is 71.4 Å². The first kappa shape index (κ1) is 22.1. The average molecular weight is 434 g/mol. The number of ether oxygens (including phenoxy) is 1.